The van der Waals surface area contributed by atoms with Crippen molar-refractivity contribution in [3.63, 3.8) is 0 Å². The molecule has 0 aliphatic carbocycles. The van der Waals surface area contributed by atoms with Crippen LogP contribution in [0.25, 0.3) is 0 Å². The maximum absolute atomic E-state index is 12.1. The molecule has 0 bridgehead atoms. The molecule has 162 valence electrons. The zero-order valence-electron chi connectivity index (χ0n) is 16.5. The van der Waals surface area contributed by atoms with Crippen LogP contribution in [0, 0.1) is 5.92 Å². The van der Waals surface area contributed by atoms with Crippen molar-refractivity contribution in [3.8, 4) is 0 Å². The van der Waals surface area contributed by atoms with Gasteiger partial charge in [0.25, 0.3) is 10.1 Å². The highest BCUT2D eigenvalue weighted by molar-refractivity contribution is 7.85. The number of esters is 3. The summed E-state index contributed by atoms with van der Waals surface area (Å²) in [7, 11) is -4.09. The molecule has 0 saturated carbocycles. The smallest absolute Gasteiger partial charge is 0.308 e. The summed E-state index contributed by atoms with van der Waals surface area (Å²) in [6.45, 7) is 6.04. The Hall–Kier alpha value is -1.72. The van der Waals surface area contributed by atoms with Crippen molar-refractivity contribution in [2.45, 2.75) is 78.0 Å². The predicted octanol–water partition coefficient (Wildman–Crippen LogP) is 1.22. The molecule has 10 nitrogen and oxygen atoms in total. The van der Waals surface area contributed by atoms with Gasteiger partial charge < -0.3 is 18.9 Å². The molecule has 11 heteroatoms. The minimum absolute atomic E-state index is 0.0809. The Morgan fingerprint density at radius 2 is 1.57 bits per heavy atom. The lowest BCUT2D eigenvalue weighted by Crippen LogP contribution is -2.57. The van der Waals surface area contributed by atoms with E-state index in [1.54, 1.807) is 6.92 Å². The van der Waals surface area contributed by atoms with Gasteiger partial charge in [-0.05, 0) is 19.3 Å². The summed E-state index contributed by atoms with van der Waals surface area (Å²) in [6, 6.07) is 0. The number of unbranched alkanes of at least 4 members (excludes halogenated alkanes) is 1. The number of carbonyl (C=O) groups is 3. The summed E-state index contributed by atoms with van der Waals surface area (Å²) in [4.78, 5) is 35.1. The average molecular weight is 424 g/mol. The van der Waals surface area contributed by atoms with Crippen LogP contribution in [0.5, 0.6) is 0 Å². The number of hydrogen-bond donors (Lipinski definition) is 1. The van der Waals surface area contributed by atoms with E-state index in [0.29, 0.717) is 6.42 Å². The molecule has 0 aromatic rings. The summed E-state index contributed by atoms with van der Waals surface area (Å²) < 4.78 is 51.7. The maximum atomic E-state index is 12.1. The fourth-order valence-corrected chi connectivity index (χ4v) is 3.59. The highest BCUT2D eigenvalue weighted by Crippen LogP contribution is 2.32. The average Bonchev–Trinajstić information content (AvgIpc) is 2.55. The van der Waals surface area contributed by atoms with Crippen molar-refractivity contribution >= 4 is 28.0 Å². The SMILES string of the molecule is CC[C@H]1OC(OC(=O)CCCCS(=O)(=O)O)[C@H](OC(C)=O)[C@@H](OC(C)=O)[C@@H]1C. The quantitative estimate of drug-likeness (QED) is 0.248. The summed E-state index contributed by atoms with van der Waals surface area (Å²) in [6.07, 6.45) is -2.95. The first-order valence-corrected chi connectivity index (χ1v) is 10.7. The van der Waals surface area contributed by atoms with Crippen LogP contribution in [-0.2, 0) is 43.4 Å². The lowest BCUT2D eigenvalue weighted by molar-refractivity contribution is -0.282. The normalized spacial score (nSPS) is 27.7. The van der Waals surface area contributed by atoms with E-state index < -0.39 is 58.4 Å². The first-order valence-electron chi connectivity index (χ1n) is 9.09. The third-order valence-electron chi connectivity index (χ3n) is 4.29. The van der Waals surface area contributed by atoms with Gasteiger partial charge in [-0.2, -0.15) is 8.42 Å². The molecule has 0 aromatic carbocycles. The minimum Gasteiger partial charge on any atom is -0.458 e. The number of hydrogen-bond acceptors (Lipinski definition) is 9. The topological polar surface area (TPSA) is 143 Å². The van der Waals surface area contributed by atoms with E-state index in [4.69, 9.17) is 23.5 Å². The molecule has 0 aromatic heterocycles. The van der Waals surface area contributed by atoms with Gasteiger partial charge >= 0.3 is 17.9 Å². The Morgan fingerprint density at radius 3 is 2.07 bits per heavy atom. The van der Waals surface area contributed by atoms with Gasteiger partial charge in [0, 0.05) is 26.2 Å². The predicted molar refractivity (Wildman–Crippen MR) is 95.6 cm³/mol. The van der Waals surface area contributed by atoms with Crippen molar-refractivity contribution in [3.05, 3.63) is 0 Å². The molecular formula is C17H28O10S. The summed E-state index contributed by atoms with van der Waals surface area (Å²) in [5, 5.41) is 0. The van der Waals surface area contributed by atoms with Crippen LogP contribution in [0.2, 0.25) is 0 Å². The van der Waals surface area contributed by atoms with Crippen LogP contribution >= 0.6 is 0 Å². The van der Waals surface area contributed by atoms with Gasteiger partial charge in [0.05, 0.1) is 11.9 Å². The molecule has 0 radical (unpaired) electrons. The largest absolute Gasteiger partial charge is 0.458 e. The molecular weight excluding hydrogens is 396 g/mol. The van der Waals surface area contributed by atoms with Gasteiger partial charge in [-0.3, -0.25) is 18.9 Å². The molecule has 1 fully saturated rings. The number of carbonyl (C=O) groups excluding carboxylic acids is 3. The Labute approximate surface area is 164 Å². The molecule has 1 unspecified atom stereocenters. The fourth-order valence-electron chi connectivity index (χ4n) is 3.02. The Bertz CT molecular complexity index is 659. The number of rotatable bonds is 9. The third-order valence-corrected chi connectivity index (χ3v) is 5.10. The first kappa shape index (κ1) is 24.3. The van der Waals surface area contributed by atoms with Gasteiger partial charge in [-0.1, -0.05) is 13.8 Å². The molecule has 5 atom stereocenters. The monoisotopic (exact) mass is 424 g/mol. The van der Waals surface area contributed by atoms with E-state index in [0.717, 1.165) is 0 Å². The highest BCUT2D eigenvalue weighted by Gasteiger charge is 2.49. The van der Waals surface area contributed by atoms with Gasteiger partial charge in [-0.25, -0.2) is 0 Å². The molecule has 0 amide bonds. The third kappa shape index (κ3) is 8.11. The van der Waals surface area contributed by atoms with Gasteiger partial charge in [0.1, 0.15) is 6.10 Å². The van der Waals surface area contributed by atoms with Crippen molar-refractivity contribution in [2.75, 3.05) is 5.75 Å². The van der Waals surface area contributed by atoms with Crippen LogP contribution in [0.4, 0.5) is 0 Å². The van der Waals surface area contributed by atoms with Gasteiger partial charge in [-0.15, -0.1) is 0 Å². The Kier molecular flexibility index (Phi) is 9.31. The van der Waals surface area contributed by atoms with Crippen LogP contribution < -0.4 is 0 Å². The van der Waals surface area contributed by atoms with E-state index in [2.05, 4.69) is 0 Å². The molecule has 1 aliphatic heterocycles. The van der Waals surface area contributed by atoms with Gasteiger partial charge in [0.15, 0.2) is 0 Å². The molecule has 1 aliphatic rings. The second-order valence-corrected chi connectivity index (χ2v) is 8.26. The van der Waals surface area contributed by atoms with E-state index in [9.17, 15) is 22.8 Å². The van der Waals surface area contributed by atoms with E-state index in [1.807, 2.05) is 6.92 Å². The molecule has 28 heavy (non-hydrogen) atoms. The van der Waals surface area contributed by atoms with E-state index in [-0.39, 0.29) is 25.2 Å². The van der Waals surface area contributed by atoms with Crippen molar-refractivity contribution < 1.29 is 46.3 Å². The fraction of sp³-hybridized carbons (Fsp3) is 0.824. The summed E-state index contributed by atoms with van der Waals surface area (Å²) >= 11 is 0. The molecule has 1 saturated heterocycles. The van der Waals surface area contributed by atoms with Crippen molar-refractivity contribution in [1.29, 1.82) is 0 Å². The summed E-state index contributed by atoms with van der Waals surface area (Å²) in [5.41, 5.74) is 0. The zero-order chi connectivity index (χ0) is 21.5. The van der Waals surface area contributed by atoms with Crippen LogP contribution in [0.15, 0.2) is 0 Å². The lowest BCUT2D eigenvalue weighted by atomic mass is 9.89. The zero-order valence-corrected chi connectivity index (χ0v) is 17.3. The van der Waals surface area contributed by atoms with Crippen molar-refractivity contribution in [2.24, 2.45) is 5.92 Å². The van der Waals surface area contributed by atoms with Crippen LogP contribution in [-0.4, -0.2) is 61.2 Å². The second kappa shape index (κ2) is 10.7. The van der Waals surface area contributed by atoms with Crippen LogP contribution in [0.1, 0.15) is 53.4 Å². The number of ether oxygens (including phenoxy) is 4. The Balaban J connectivity index is 2.84. The lowest BCUT2D eigenvalue weighted by Gasteiger charge is -2.43. The first-order chi connectivity index (χ1) is 12.9. The van der Waals surface area contributed by atoms with E-state index >= 15 is 0 Å². The summed E-state index contributed by atoms with van der Waals surface area (Å²) in [5.74, 6) is -2.67. The molecule has 1 N–H and O–H groups in total. The molecule has 1 heterocycles. The van der Waals surface area contributed by atoms with E-state index in [1.165, 1.54) is 13.8 Å². The standard InChI is InChI=1S/C17H28O10S/c1-5-13-10(2)15(24-11(3)18)16(25-12(4)19)17(26-13)27-14(20)8-6-7-9-28(21,22)23/h10,13,15-17H,5-9H2,1-4H3,(H,21,22,23)/t10-,13-,15+,16-,17?/m1/s1. The maximum Gasteiger partial charge on any atom is 0.308 e. The van der Waals surface area contributed by atoms with Gasteiger partial charge in [0.2, 0.25) is 12.4 Å². The highest BCUT2D eigenvalue weighted by atomic mass is 32.2. The minimum atomic E-state index is -4.09. The molecule has 1 rings (SSSR count). The molecule has 0 spiro atoms. The van der Waals surface area contributed by atoms with Crippen LogP contribution in [0.3, 0.4) is 0 Å². The second-order valence-electron chi connectivity index (χ2n) is 6.69. The van der Waals surface area contributed by atoms with Crippen molar-refractivity contribution in [1.82, 2.24) is 0 Å². The Morgan fingerprint density at radius 1 is 1.00 bits per heavy atom.